The van der Waals surface area contributed by atoms with E-state index in [1.807, 2.05) is 95.3 Å². The van der Waals surface area contributed by atoms with Crippen molar-refractivity contribution in [3.63, 3.8) is 0 Å². The number of likely N-dealkylation sites (N-methyl/N-ethyl adjacent to an activating group) is 2. The topological polar surface area (TPSA) is 67.9 Å². The molecule has 0 aliphatic carbocycles. The summed E-state index contributed by atoms with van der Waals surface area (Å²) < 4.78 is 0. The van der Waals surface area contributed by atoms with Gasteiger partial charge < -0.3 is 25.3 Å². The van der Waals surface area contributed by atoms with Crippen LogP contribution in [0.1, 0.15) is 94.2 Å². The van der Waals surface area contributed by atoms with Gasteiger partial charge in [0, 0.05) is 66.5 Å². The Labute approximate surface area is 275 Å². The molecule has 0 spiro atoms. The summed E-state index contributed by atoms with van der Waals surface area (Å²) in [5.74, 6) is 0.00926. The van der Waals surface area contributed by atoms with E-state index in [1.165, 1.54) is 62.3 Å². The van der Waals surface area contributed by atoms with Gasteiger partial charge in [-0.2, -0.15) is 0 Å². The summed E-state index contributed by atoms with van der Waals surface area (Å²) in [6, 6.07) is 17.2. The summed E-state index contributed by atoms with van der Waals surface area (Å²) in [6.07, 6.45) is 2.43. The number of carbonyl (C=O) groups excluding carboxylic acids is 2. The predicted octanol–water partition coefficient (Wildman–Crippen LogP) is 8.17. The molecular weight excluding hydrogens is 546 g/mol. The third-order valence-electron chi connectivity index (χ3n) is 4.94. The first-order valence-electron chi connectivity index (χ1n) is 16.6. The van der Waals surface area contributed by atoms with Crippen LogP contribution in [-0.4, -0.2) is 79.1 Å². The normalized spacial score (nSPS) is 10.1. The van der Waals surface area contributed by atoms with Crippen LogP contribution in [0.15, 0.2) is 48.5 Å². The van der Waals surface area contributed by atoms with E-state index in [1.54, 1.807) is 14.1 Å². The zero-order valence-corrected chi connectivity index (χ0v) is 32.6. The first-order chi connectivity index (χ1) is 21.0. The molecule has 0 fully saturated rings. The molecule has 0 aromatic heterocycles. The predicted molar refractivity (Wildman–Crippen MR) is 203 cm³/mol. The van der Waals surface area contributed by atoms with Gasteiger partial charge >= 0.3 is 0 Å². The van der Waals surface area contributed by atoms with Crippen molar-refractivity contribution in [2.24, 2.45) is 0 Å². The first-order valence-corrected chi connectivity index (χ1v) is 16.6. The highest BCUT2D eigenvalue weighted by Crippen LogP contribution is 2.25. The van der Waals surface area contributed by atoms with Crippen molar-refractivity contribution >= 4 is 23.2 Å². The van der Waals surface area contributed by atoms with Crippen molar-refractivity contribution in [2.45, 2.75) is 95.9 Å². The molecule has 44 heavy (non-hydrogen) atoms. The number of hydrogen-bond donors (Lipinski definition) is 2. The third-order valence-corrected chi connectivity index (χ3v) is 4.94. The van der Waals surface area contributed by atoms with Gasteiger partial charge in [0.15, 0.2) is 0 Å². The molecule has 0 atom stereocenters. The number of rotatable bonds is 0. The maximum atomic E-state index is 9.70. The molecule has 7 nitrogen and oxygen atoms in total. The number of amides is 2. The van der Waals surface area contributed by atoms with Crippen LogP contribution in [0.3, 0.4) is 0 Å². The summed E-state index contributed by atoms with van der Waals surface area (Å²) in [5.41, 5.74) is 5.79. The summed E-state index contributed by atoms with van der Waals surface area (Å²) in [5, 5.41) is 4.78. The number of fused-ring (bicyclic) bond motifs is 2. The van der Waals surface area contributed by atoms with Gasteiger partial charge in [0.2, 0.25) is 11.8 Å². The van der Waals surface area contributed by atoms with Crippen LogP contribution in [-0.2, 0) is 22.4 Å². The van der Waals surface area contributed by atoms with Crippen molar-refractivity contribution in [3.8, 4) is 0 Å². The Bertz CT molecular complexity index is 787. The van der Waals surface area contributed by atoms with E-state index in [0.29, 0.717) is 0 Å². The Morgan fingerprint density at radius 3 is 0.955 bits per heavy atom. The maximum Gasteiger partial charge on any atom is 0.216 e. The van der Waals surface area contributed by atoms with Gasteiger partial charge in [-0.05, 0) is 57.2 Å². The Balaban J connectivity index is -0.0000000994. The number of nitrogens with one attached hydrogen (secondary N) is 2. The lowest BCUT2D eigenvalue weighted by Crippen LogP contribution is -2.12. The number of para-hydroxylation sites is 2. The maximum absolute atomic E-state index is 9.70. The fraction of sp³-hybridized carbons (Fsp3) is 0.622. The minimum Gasteiger partial charge on any atom is -0.374 e. The Hall–Kier alpha value is -3.06. The van der Waals surface area contributed by atoms with Crippen molar-refractivity contribution < 1.29 is 9.59 Å². The second kappa shape index (κ2) is 42.1. The van der Waals surface area contributed by atoms with E-state index < -0.39 is 0 Å². The molecule has 2 aliphatic rings. The fourth-order valence-corrected chi connectivity index (χ4v) is 3.01. The largest absolute Gasteiger partial charge is 0.374 e. The Morgan fingerprint density at radius 1 is 0.568 bits per heavy atom. The highest BCUT2D eigenvalue weighted by atomic mass is 16.1. The van der Waals surface area contributed by atoms with Gasteiger partial charge in [-0.1, -0.05) is 106 Å². The van der Waals surface area contributed by atoms with E-state index in [2.05, 4.69) is 83.1 Å². The van der Waals surface area contributed by atoms with E-state index in [-0.39, 0.29) is 11.8 Å². The average Bonchev–Trinajstić information content (AvgIpc) is 3.65. The van der Waals surface area contributed by atoms with Crippen LogP contribution < -0.4 is 20.4 Å². The van der Waals surface area contributed by atoms with E-state index in [9.17, 15) is 9.59 Å². The molecule has 2 aromatic rings. The number of nitrogens with zero attached hydrogens (tertiary/aromatic N) is 3. The number of carbonyl (C=O) groups is 2. The minimum absolute atomic E-state index is 0.00463. The Morgan fingerprint density at radius 2 is 0.773 bits per heavy atom. The number of hydrogen-bond acceptors (Lipinski definition) is 5. The molecule has 2 aliphatic heterocycles. The van der Waals surface area contributed by atoms with Gasteiger partial charge in [-0.3, -0.25) is 9.59 Å². The second-order valence-corrected chi connectivity index (χ2v) is 8.55. The standard InChI is InChI=1S/2C9H11N.2C3H7NO.C3H9N.5C2H6/c2*1-10-7-6-8-4-2-3-5-9(8)10;2*1-3(5)4-2;1-4(2)3;5*1-2/h2*2-5H,6-7H2,1H3;2*1-2H3,(H,4,5);1-3H3;5*1-2H3. The third kappa shape index (κ3) is 33.4. The minimum atomic E-state index is 0.00463. The van der Waals surface area contributed by atoms with Crippen LogP contribution in [0.25, 0.3) is 0 Å². The van der Waals surface area contributed by atoms with Crippen molar-refractivity contribution in [1.82, 2.24) is 15.5 Å². The van der Waals surface area contributed by atoms with Crippen LogP contribution in [0, 0.1) is 0 Å². The molecule has 2 aromatic carbocycles. The van der Waals surface area contributed by atoms with Crippen molar-refractivity contribution in [3.05, 3.63) is 59.7 Å². The molecule has 0 saturated heterocycles. The molecule has 0 bridgehead atoms. The second-order valence-electron chi connectivity index (χ2n) is 8.55. The van der Waals surface area contributed by atoms with E-state index in [0.717, 1.165) is 0 Å². The number of anilines is 2. The summed E-state index contributed by atoms with van der Waals surface area (Å²) >= 11 is 0. The highest BCUT2D eigenvalue weighted by Gasteiger charge is 2.13. The quantitative estimate of drug-likeness (QED) is 0.311. The summed E-state index contributed by atoms with van der Waals surface area (Å²) in [7, 11) is 13.5. The molecule has 7 heteroatoms. The molecular formula is C37H75N5O2. The van der Waals surface area contributed by atoms with Crippen molar-refractivity contribution in [2.75, 3.05) is 72.2 Å². The van der Waals surface area contributed by atoms with Gasteiger partial charge in [0.1, 0.15) is 0 Å². The first kappa shape index (κ1) is 53.5. The van der Waals surface area contributed by atoms with E-state index in [4.69, 9.17) is 0 Å². The molecule has 2 amide bonds. The average molecular weight is 622 g/mol. The van der Waals surface area contributed by atoms with Gasteiger partial charge in [0.25, 0.3) is 0 Å². The van der Waals surface area contributed by atoms with Crippen LogP contribution in [0.4, 0.5) is 11.4 Å². The molecule has 4 rings (SSSR count). The van der Waals surface area contributed by atoms with Gasteiger partial charge in [-0.25, -0.2) is 0 Å². The SMILES string of the molecule is CC.CC.CC.CC.CC.CN(C)C.CN1CCc2ccccc21.CN1CCc2ccccc21.CNC(C)=O.CNC(C)=O. The molecule has 2 heterocycles. The van der Waals surface area contributed by atoms with Crippen molar-refractivity contribution in [1.29, 1.82) is 0 Å². The lowest BCUT2D eigenvalue weighted by atomic mass is 10.2. The highest BCUT2D eigenvalue weighted by molar-refractivity contribution is 5.72. The summed E-state index contributed by atoms with van der Waals surface area (Å²) in [4.78, 5) is 26.0. The van der Waals surface area contributed by atoms with Crippen LogP contribution in [0.5, 0.6) is 0 Å². The van der Waals surface area contributed by atoms with Crippen LogP contribution in [0.2, 0.25) is 0 Å². The number of benzene rings is 2. The van der Waals surface area contributed by atoms with E-state index >= 15 is 0 Å². The lowest BCUT2D eigenvalue weighted by molar-refractivity contribution is -0.119. The molecule has 0 saturated carbocycles. The van der Waals surface area contributed by atoms with Crippen LogP contribution >= 0.6 is 0 Å². The lowest BCUT2D eigenvalue weighted by Gasteiger charge is -2.10. The zero-order valence-electron chi connectivity index (χ0n) is 32.6. The Kier molecular flexibility index (Phi) is 51.2. The monoisotopic (exact) mass is 622 g/mol. The smallest absolute Gasteiger partial charge is 0.216 e. The fourth-order valence-electron chi connectivity index (χ4n) is 3.01. The molecule has 0 radical (unpaired) electrons. The summed E-state index contributed by atoms with van der Waals surface area (Å²) in [6.45, 7) is 25.3. The molecule has 2 N–H and O–H groups in total. The van der Waals surface area contributed by atoms with Gasteiger partial charge in [-0.15, -0.1) is 0 Å². The zero-order chi connectivity index (χ0) is 36.1. The molecule has 0 unspecified atom stereocenters. The van der Waals surface area contributed by atoms with Gasteiger partial charge in [0.05, 0.1) is 0 Å². The molecule has 260 valence electrons.